The zero-order valence-corrected chi connectivity index (χ0v) is 14.6. The van der Waals surface area contributed by atoms with E-state index in [4.69, 9.17) is 0 Å². The number of aromatic nitrogens is 3. The molecule has 1 N–H and O–H groups in total. The van der Waals surface area contributed by atoms with Gasteiger partial charge in [0.25, 0.3) is 0 Å². The number of halogens is 1. The van der Waals surface area contributed by atoms with E-state index in [0.29, 0.717) is 29.8 Å². The topological polar surface area (TPSA) is 53.9 Å². The van der Waals surface area contributed by atoms with Crippen molar-refractivity contribution in [2.45, 2.75) is 19.0 Å². The molecule has 1 unspecified atom stereocenters. The summed E-state index contributed by atoms with van der Waals surface area (Å²) in [6.45, 7) is 1.63. The third kappa shape index (κ3) is 3.41. The predicted molar refractivity (Wildman–Crippen MR) is 99.1 cm³/mol. The highest BCUT2D eigenvalue weighted by Crippen LogP contribution is 2.23. The molecule has 0 fully saturated rings. The summed E-state index contributed by atoms with van der Waals surface area (Å²) in [4.78, 5) is 6.74. The molecule has 26 heavy (non-hydrogen) atoms. The van der Waals surface area contributed by atoms with Crippen molar-refractivity contribution < 1.29 is 4.39 Å². The first-order valence-electron chi connectivity index (χ1n) is 8.66. The van der Waals surface area contributed by atoms with E-state index in [2.05, 4.69) is 56.7 Å². The smallest absolute Gasteiger partial charge is 0.243 e. The van der Waals surface area contributed by atoms with Crippen molar-refractivity contribution in [2.75, 3.05) is 18.9 Å². The van der Waals surface area contributed by atoms with Crippen LogP contribution in [0.2, 0.25) is 0 Å². The van der Waals surface area contributed by atoms with Crippen LogP contribution in [0.5, 0.6) is 0 Å². The maximum absolute atomic E-state index is 14.0. The first kappa shape index (κ1) is 16.6. The van der Waals surface area contributed by atoms with E-state index >= 15 is 0 Å². The monoisotopic (exact) mass is 349 g/mol. The van der Waals surface area contributed by atoms with E-state index in [1.165, 1.54) is 23.4 Å². The Hall–Kier alpha value is -2.86. The van der Waals surface area contributed by atoms with Gasteiger partial charge in [-0.25, -0.2) is 9.37 Å². The van der Waals surface area contributed by atoms with Gasteiger partial charge in [-0.3, -0.25) is 4.90 Å². The summed E-state index contributed by atoms with van der Waals surface area (Å²) in [6, 6.07) is 15.4. The Morgan fingerprint density at radius 2 is 1.88 bits per heavy atom. The molecule has 1 atom stereocenters. The fraction of sp³-hybridized carbons (Fsp3) is 0.250. The van der Waals surface area contributed by atoms with Crippen molar-refractivity contribution in [3.05, 3.63) is 71.7 Å². The molecule has 0 aliphatic carbocycles. The van der Waals surface area contributed by atoms with Gasteiger partial charge in [0.05, 0.1) is 11.9 Å². The van der Waals surface area contributed by atoms with Crippen LogP contribution in [0.25, 0.3) is 11.3 Å². The van der Waals surface area contributed by atoms with Gasteiger partial charge < -0.3 is 5.32 Å². The minimum Gasteiger partial charge on any atom is -0.351 e. The number of rotatable bonds is 4. The van der Waals surface area contributed by atoms with Crippen LogP contribution in [0.1, 0.15) is 11.1 Å². The standard InChI is InChI=1S/C20H20FN5/c1-26-13-15-7-3-2-6-14(15)10-16(26)11-22-20-24-19(12-23-25-20)17-8-4-5-9-18(17)21/h2-9,12,16H,10-11,13H2,1H3,(H,22,24,25). The summed E-state index contributed by atoms with van der Waals surface area (Å²) in [6.07, 6.45) is 2.45. The number of fused-ring (bicyclic) bond motifs is 1. The molecule has 0 spiro atoms. The van der Waals surface area contributed by atoms with E-state index in [1.54, 1.807) is 18.2 Å². The average Bonchev–Trinajstić information content (AvgIpc) is 2.67. The Bertz CT molecular complexity index is 914. The lowest BCUT2D eigenvalue weighted by molar-refractivity contribution is 0.224. The number of likely N-dealkylation sites (N-methyl/N-ethyl adjacent to an activating group) is 1. The Morgan fingerprint density at radius 1 is 1.12 bits per heavy atom. The van der Waals surface area contributed by atoms with Gasteiger partial charge in [0.15, 0.2) is 0 Å². The number of hydrogen-bond acceptors (Lipinski definition) is 5. The van der Waals surface area contributed by atoms with Gasteiger partial charge in [-0.15, -0.1) is 5.10 Å². The second-order valence-corrected chi connectivity index (χ2v) is 6.57. The average molecular weight is 349 g/mol. The number of hydrogen-bond donors (Lipinski definition) is 1. The summed E-state index contributed by atoms with van der Waals surface area (Å²) in [5, 5.41) is 11.3. The molecule has 2 aromatic carbocycles. The van der Waals surface area contributed by atoms with Crippen LogP contribution < -0.4 is 5.32 Å². The minimum atomic E-state index is -0.317. The summed E-state index contributed by atoms with van der Waals surface area (Å²) in [5.74, 6) is 0.0978. The molecule has 0 saturated carbocycles. The highest BCUT2D eigenvalue weighted by Gasteiger charge is 2.23. The van der Waals surface area contributed by atoms with E-state index in [0.717, 1.165) is 13.0 Å². The SMILES string of the molecule is CN1Cc2ccccc2CC1CNc1nncc(-c2ccccc2F)n1. The molecule has 1 aliphatic heterocycles. The summed E-state index contributed by atoms with van der Waals surface area (Å²) in [5.41, 5.74) is 3.67. The molecule has 3 aromatic rings. The van der Waals surface area contributed by atoms with E-state index in [1.807, 2.05) is 0 Å². The molecule has 2 heterocycles. The van der Waals surface area contributed by atoms with Crippen molar-refractivity contribution in [2.24, 2.45) is 0 Å². The molecular weight excluding hydrogens is 329 g/mol. The number of anilines is 1. The van der Waals surface area contributed by atoms with Crippen LogP contribution in [-0.4, -0.2) is 39.7 Å². The fourth-order valence-electron chi connectivity index (χ4n) is 3.33. The molecule has 0 amide bonds. The summed E-state index contributed by atoms with van der Waals surface area (Å²) in [7, 11) is 2.12. The molecule has 0 saturated heterocycles. The van der Waals surface area contributed by atoms with Gasteiger partial charge in [-0.05, 0) is 36.7 Å². The zero-order chi connectivity index (χ0) is 17.9. The summed E-state index contributed by atoms with van der Waals surface area (Å²) < 4.78 is 14.0. The third-order valence-electron chi connectivity index (χ3n) is 4.82. The largest absolute Gasteiger partial charge is 0.351 e. The molecule has 132 valence electrons. The van der Waals surface area contributed by atoms with E-state index in [-0.39, 0.29) is 5.82 Å². The molecule has 6 heteroatoms. The highest BCUT2D eigenvalue weighted by molar-refractivity contribution is 5.59. The maximum Gasteiger partial charge on any atom is 0.243 e. The van der Waals surface area contributed by atoms with Gasteiger partial charge in [0.1, 0.15) is 5.82 Å². The number of nitrogens with one attached hydrogen (secondary N) is 1. The van der Waals surface area contributed by atoms with Crippen molar-refractivity contribution >= 4 is 5.95 Å². The van der Waals surface area contributed by atoms with E-state index < -0.39 is 0 Å². The normalized spacial score (nSPS) is 16.9. The first-order chi connectivity index (χ1) is 12.7. The fourth-order valence-corrected chi connectivity index (χ4v) is 3.33. The number of benzene rings is 2. The molecule has 0 bridgehead atoms. The Balaban J connectivity index is 1.47. The predicted octanol–water partition coefficient (Wildman–Crippen LogP) is 3.15. The minimum absolute atomic E-state index is 0.317. The molecule has 0 radical (unpaired) electrons. The lowest BCUT2D eigenvalue weighted by atomic mass is 9.94. The first-order valence-corrected chi connectivity index (χ1v) is 8.66. The second-order valence-electron chi connectivity index (χ2n) is 6.57. The van der Waals surface area contributed by atoms with Gasteiger partial charge in [-0.2, -0.15) is 5.10 Å². The van der Waals surface area contributed by atoms with Crippen molar-refractivity contribution in [1.82, 2.24) is 20.1 Å². The van der Waals surface area contributed by atoms with Crippen LogP contribution in [0.4, 0.5) is 10.3 Å². The lowest BCUT2D eigenvalue weighted by Crippen LogP contribution is -2.42. The number of nitrogens with zero attached hydrogens (tertiary/aromatic N) is 4. The quantitative estimate of drug-likeness (QED) is 0.784. The van der Waals surface area contributed by atoms with Crippen molar-refractivity contribution in [3.8, 4) is 11.3 Å². The van der Waals surface area contributed by atoms with Crippen molar-refractivity contribution in [3.63, 3.8) is 0 Å². The van der Waals surface area contributed by atoms with Crippen LogP contribution >= 0.6 is 0 Å². The lowest BCUT2D eigenvalue weighted by Gasteiger charge is -2.34. The van der Waals surface area contributed by atoms with Gasteiger partial charge in [0, 0.05) is 24.7 Å². The van der Waals surface area contributed by atoms with Gasteiger partial charge in [-0.1, -0.05) is 36.4 Å². The molecule has 1 aromatic heterocycles. The third-order valence-corrected chi connectivity index (χ3v) is 4.82. The maximum atomic E-state index is 14.0. The zero-order valence-electron chi connectivity index (χ0n) is 14.6. The van der Waals surface area contributed by atoms with Crippen LogP contribution in [-0.2, 0) is 13.0 Å². The second kappa shape index (κ2) is 7.17. The van der Waals surface area contributed by atoms with Crippen LogP contribution in [0, 0.1) is 5.82 Å². The van der Waals surface area contributed by atoms with Gasteiger partial charge in [0.2, 0.25) is 5.95 Å². The van der Waals surface area contributed by atoms with Crippen LogP contribution in [0.3, 0.4) is 0 Å². The Kier molecular flexibility index (Phi) is 4.58. The van der Waals surface area contributed by atoms with Crippen LogP contribution in [0.15, 0.2) is 54.7 Å². The molecule has 5 nitrogen and oxygen atoms in total. The van der Waals surface area contributed by atoms with E-state index in [9.17, 15) is 4.39 Å². The summed E-state index contributed by atoms with van der Waals surface area (Å²) >= 11 is 0. The highest BCUT2D eigenvalue weighted by atomic mass is 19.1. The molecule has 4 rings (SSSR count). The van der Waals surface area contributed by atoms with Crippen molar-refractivity contribution in [1.29, 1.82) is 0 Å². The molecule has 1 aliphatic rings. The van der Waals surface area contributed by atoms with Gasteiger partial charge >= 0.3 is 0 Å². The Labute approximate surface area is 151 Å². The Morgan fingerprint density at radius 3 is 2.73 bits per heavy atom. The molecular formula is C20H20FN5.